The molecule has 0 unspecified atom stereocenters. The minimum absolute atomic E-state index is 0.406. The van der Waals surface area contributed by atoms with Gasteiger partial charge >= 0.3 is 0 Å². The van der Waals surface area contributed by atoms with Crippen molar-refractivity contribution in [3.05, 3.63) is 46.9 Å². The first-order chi connectivity index (χ1) is 9.13. The quantitative estimate of drug-likeness (QED) is 0.914. The van der Waals surface area contributed by atoms with Crippen LogP contribution in [0.3, 0.4) is 0 Å². The van der Waals surface area contributed by atoms with Crippen LogP contribution < -0.4 is 10.5 Å². The van der Waals surface area contributed by atoms with Crippen LogP contribution in [0.2, 0.25) is 0 Å². The number of aryl methyl sites for hydroxylation is 3. The second-order valence-electron chi connectivity index (χ2n) is 4.47. The summed E-state index contributed by atoms with van der Waals surface area (Å²) in [6.07, 6.45) is 0.820. The van der Waals surface area contributed by atoms with Gasteiger partial charge in [-0.3, -0.25) is 4.98 Å². The van der Waals surface area contributed by atoms with Crippen LogP contribution in [0.4, 0.5) is 0 Å². The molecular formula is C15H19N3O. The van der Waals surface area contributed by atoms with E-state index in [9.17, 15) is 0 Å². The van der Waals surface area contributed by atoms with Crippen molar-refractivity contribution in [1.29, 1.82) is 0 Å². The number of hydrogen-bond acceptors (Lipinski definition) is 4. The molecule has 2 heterocycles. The summed E-state index contributed by atoms with van der Waals surface area (Å²) < 4.78 is 5.90. The molecule has 2 aromatic heterocycles. The van der Waals surface area contributed by atoms with Crippen molar-refractivity contribution in [2.75, 3.05) is 0 Å². The molecule has 0 fully saturated rings. The Balaban J connectivity index is 2.38. The first kappa shape index (κ1) is 13.5. The molecule has 0 aliphatic heterocycles. The lowest BCUT2D eigenvalue weighted by molar-refractivity contribution is 0.446. The van der Waals surface area contributed by atoms with Crippen molar-refractivity contribution in [3.8, 4) is 11.6 Å². The maximum absolute atomic E-state index is 5.90. The van der Waals surface area contributed by atoms with E-state index in [1.807, 2.05) is 38.1 Å². The molecule has 4 nitrogen and oxygen atoms in total. The van der Waals surface area contributed by atoms with Crippen molar-refractivity contribution in [1.82, 2.24) is 9.97 Å². The summed E-state index contributed by atoms with van der Waals surface area (Å²) >= 11 is 0. The molecule has 100 valence electrons. The fourth-order valence-electron chi connectivity index (χ4n) is 1.85. The van der Waals surface area contributed by atoms with E-state index in [-0.39, 0.29) is 0 Å². The Morgan fingerprint density at radius 2 is 1.74 bits per heavy atom. The molecule has 19 heavy (non-hydrogen) atoms. The van der Waals surface area contributed by atoms with Gasteiger partial charge in [0.1, 0.15) is 0 Å². The van der Waals surface area contributed by atoms with Gasteiger partial charge in [-0.2, -0.15) is 0 Å². The van der Waals surface area contributed by atoms with Gasteiger partial charge < -0.3 is 10.5 Å². The minimum Gasteiger partial charge on any atom is -0.437 e. The summed E-state index contributed by atoms with van der Waals surface area (Å²) in [6, 6.07) is 7.76. The maximum Gasteiger partial charge on any atom is 0.224 e. The molecule has 4 heteroatoms. The van der Waals surface area contributed by atoms with E-state index in [0.717, 1.165) is 34.8 Å². The van der Waals surface area contributed by atoms with E-state index in [0.29, 0.717) is 12.4 Å². The minimum atomic E-state index is 0.406. The van der Waals surface area contributed by atoms with Crippen molar-refractivity contribution in [3.63, 3.8) is 0 Å². The molecule has 0 aliphatic rings. The predicted molar refractivity (Wildman–Crippen MR) is 75.3 cm³/mol. The summed E-state index contributed by atoms with van der Waals surface area (Å²) in [6.45, 7) is 6.37. The van der Waals surface area contributed by atoms with Gasteiger partial charge in [0.05, 0.1) is 5.69 Å². The van der Waals surface area contributed by atoms with E-state index < -0.39 is 0 Å². The summed E-state index contributed by atoms with van der Waals surface area (Å²) in [5.74, 6) is 1.32. The van der Waals surface area contributed by atoms with Crippen molar-refractivity contribution >= 4 is 0 Å². The highest BCUT2D eigenvalue weighted by atomic mass is 16.5. The Morgan fingerprint density at radius 3 is 2.42 bits per heavy atom. The second-order valence-corrected chi connectivity index (χ2v) is 4.47. The summed E-state index contributed by atoms with van der Waals surface area (Å²) in [7, 11) is 0. The average Bonchev–Trinajstić information content (AvgIpc) is 2.41. The molecule has 0 spiro atoms. The van der Waals surface area contributed by atoms with E-state index in [2.05, 4.69) is 16.9 Å². The first-order valence-corrected chi connectivity index (χ1v) is 6.45. The fourth-order valence-corrected chi connectivity index (χ4v) is 1.85. The highest BCUT2D eigenvalue weighted by Crippen LogP contribution is 2.26. The molecule has 0 saturated heterocycles. The normalized spacial score (nSPS) is 10.5. The standard InChI is InChI=1S/C15H19N3O/c1-4-13-14(8-6-10(2)17-13)19-15-12(9-16)7-5-11(3)18-15/h5-8H,4,9,16H2,1-3H3. The van der Waals surface area contributed by atoms with Crippen LogP contribution in [0.25, 0.3) is 0 Å². The summed E-state index contributed by atoms with van der Waals surface area (Å²) in [4.78, 5) is 8.89. The molecule has 0 aromatic carbocycles. The third kappa shape index (κ3) is 3.09. The maximum atomic E-state index is 5.90. The van der Waals surface area contributed by atoms with Crippen LogP contribution in [-0.4, -0.2) is 9.97 Å². The van der Waals surface area contributed by atoms with Gasteiger partial charge in [0.15, 0.2) is 5.75 Å². The van der Waals surface area contributed by atoms with E-state index in [1.54, 1.807) is 0 Å². The molecule has 0 amide bonds. The second kappa shape index (κ2) is 5.80. The number of rotatable bonds is 4. The smallest absolute Gasteiger partial charge is 0.224 e. The SMILES string of the molecule is CCc1nc(C)ccc1Oc1nc(C)ccc1CN. The Morgan fingerprint density at radius 1 is 1.05 bits per heavy atom. The Bertz CT molecular complexity index is 582. The number of pyridine rings is 2. The summed E-state index contributed by atoms with van der Waals surface area (Å²) in [5, 5.41) is 0. The molecule has 0 saturated carbocycles. The molecule has 2 aromatic rings. The Hall–Kier alpha value is -1.94. The Labute approximate surface area is 113 Å². The number of nitrogens with two attached hydrogens (primary N) is 1. The zero-order valence-electron chi connectivity index (χ0n) is 11.6. The predicted octanol–water partition coefficient (Wildman–Crippen LogP) is 2.91. The molecule has 0 bridgehead atoms. The van der Waals surface area contributed by atoms with Crippen LogP contribution in [-0.2, 0) is 13.0 Å². The van der Waals surface area contributed by atoms with Gasteiger partial charge in [-0.1, -0.05) is 13.0 Å². The third-order valence-corrected chi connectivity index (χ3v) is 2.91. The highest BCUT2D eigenvalue weighted by molar-refractivity contribution is 5.36. The molecule has 0 radical (unpaired) electrons. The summed E-state index contributed by atoms with van der Waals surface area (Å²) in [5.41, 5.74) is 9.44. The fraction of sp³-hybridized carbons (Fsp3) is 0.333. The lowest BCUT2D eigenvalue weighted by Crippen LogP contribution is -2.03. The third-order valence-electron chi connectivity index (χ3n) is 2.91. The zero-order chi connectivity index (χ0) is 13.8. The van der Waals surface area contributed by atoms with Crippen molar-refractivity contribution < 1.29 is 4.74 Å². The van der Waals surface area contributed by atoms with Crippen LogP contribution in [0.15, 0.2) is 24.3 Å². The lowest BCUT2D eigenvalue weighted by atomic mass is 10.2. The van der Waals surface area contributed by atoms with Gasteiger partial charge in [-0.05, 0) is 38.5 Å². The number of hydrogen-bond donors (Lipinski definition) is 1. The molecular weight excluding hydrogens is 238 g/mol. The van der Waals surface area contributed by atoms with Crippen LogP contribution in [0.5, 0.6) is 11.6 Å². The van der Waals surface area contributed by atoms with Gasteiger partial charge in [-0.15, -0.1) is 0 Å². The molecule has 0 aliphatic carbocycles. The van der Waals surface area contributed by atoms with Gasteiger partial charge in [0.25, 0.3) is 0 Å². The van der Waals surface area contributed by atoms with Crippen molar-refractivity contribution in [2.45, 2.75) is 33.7 Å². The van der Waals surface area contributed by atoms with Gasteiger partial charge in [-0.25, -0.2) is 4.98 Å². The molecule has 0 atom stereocenters. The van der Waals surface area contributed by atoms with Gasteiger partial charge in [0, 0.05) is 23.5 Å². The van der Waals surface area contributed by atoms with Crippen LogP contribution >= 0.6 is 0 Å². The Kier molecular flexibility index (Phi) is 4.12. The first-order valence-electron chi connectivity index (χ1n) is 6.45. The van der Waals surface area contributed by atoms with Crippen molar-refractivity contribution in [2.24, 2.45) is 5.73 Å². The van der Waals surface area contributed by atoms with Gasteiger partial charge in [0.2, 0.25) is 5.88 Å². The largest absolute Gasteiger partial charge is 0.437 e. The van der Waals surface area contributed by atoms with E-state index in [1.165, 1.54) is 0 Å². The number of aromatic nitrogens is 2. The lowest BCUT2D eigenvalue weighted by Gasteiger charge is -2.12. The highest BCUT2D eigenvalue weighted by Gasteiger charge is 2.10. The molecule has 2 rings (SSSR count). The molecule has 2 N–H and O–H groups in total. The number of nitrogens with zero attached hydrogens (tertiary/aromatic N) is 2. The van der Waals surface area contributed by atoms with E-state index >= 15 is 0 Å². The topological polar surface area (TPSA) is 61.0 Å². The van der Waals surface area contributed by atoms with Crippen LogP contribution in [0, 0.1) is 13.8 Å². The zero-order valence-corrected chi connectivity index (χ0v) is 11.6. The van der Waals surface area contributed by atoms with E-state index in [4.69, 9.17) is 10.5 Å². The number of ether oxygens (including phenoxy) is 1. The average molecular weight is 257 g/mol. The van der Waals surface area contributed by atoms with Crippen LogP contribution in [0.1, 0.15) is 29.6 Å². The monoisotopic (exact) mass is 257 g/mol.